The lowest BCUT2D eigenvalue weighted by molar-refractivity contribution is -0.384. The Hall–Kier alpha value is -0.570. The minimum atomic E-state index is -0.497. The molecule has 0 aliphatic rings. The van der Waals surface area contributed by atoms with Gasteiger partial charge in [0, 0.05) is 18.7 Å². The molecule has 0 saturated heterocycles. The van der Waals surface area contributed by atoms with E-state index in [1.807, 2.05) is 13.2 Å². The highest BCUT2D eigenvalue weighted by Gasteiger charge is 2.17. The molecule has 0 fully saturated rings. The van der Waals surface area contributed by atoms with Gasteiger partial charge in [-0.05, 0) is 40.5 Å². The molecule has 1 aromatic carbocycles. The number of halogens is 2. The number of rotatable bonds is 6. The first-order valence-electron chi connectivity index (χ1n) is 5.32. The van der Waals surface area contributed by atoms with Crippen molar-refractivity contribution in [1.29, 1.82) is 0 Å². The lowest BCUT2D eigenvalue weighted by Gasteiger charge is -2.12. The molecule has 1 rings (SSSR count). The number of nitro benzene ring substituents is 1. The van der Waals surface area contributed by atoms with Gasteiger partial charge in [-0.15, -0.1) is 0 Å². The van der Waals surface area contributed by atoms with E-state index < -0.39 is 10.7 Å². The molecule has 0 aromatic heterocycles. The molecule has 0 amide bonds. The summed E-state index contributed by atoms with van der Waals surface area (Å²) in [5.41, 5.74) is 0.156. The van der Waals surface area contributed by atoms with Crippen LogP contribution in [0.4, 0.5) is 15.8 Å². The third kappa shape index (κ3) is 4.27. The van der Waals surface area contributed by atoms with E-state index in [1.165, 1.54) is 12.1 Å². The van der Waals surface area contributed by atoms with Crippen LogP contribution >= 0.6 is 34.4 Å². The summed E-state index contributed by atoms with van der Waals surface area (Å²) < 4.78 is 13.7. The number of nitro groups is 1. The smallest absolute Gasteiger partial charge is 0.293 e. The Labute approximate surface area is 123 Å². The van der Waals surface area contributed by atoms with Crippen LogP contribution in [0.15, 0.2) is 12.1 Å². The average molecular weight is 384 g/mol. The SMILES string of the molecule is CSCC(C)CNc1cc(F)c(I)cc1[N+](=O)[O-]. The standard InChI is InChI=1S/C11H14FIN2O2S/c1-7(6-18-2)5-14-10-3-8(12)9(13)4-11(10)15(16)17/h3-4,7,14H,5-6H2,1-2H3. The summed E-state index contributed by atoms with van der Waals surface area (Å²) in [7, 11) is 0. The van der Waals surface area contributed by atoms with Crippen molar-refractivity contribution in [3.63, 3.8) is 0 Å². The predicted octanol–water partition coefficient (Wildman–Crippen LogP) is 3.75. The Kier molecular flexibility index (Phi) is 6.13. The van der Waals surface area contributed by atoms with E-state index in [0.717, 1.165) is 5.75 Å². The molecule has 1 atom stereocenters. The molecule has 7 heteroatoms. The lowest BCUT2D eigenvalue weighted by Crippen LogP contribution is -2.14. The molecular weight excluding hydrogens is 370 g/mol. The van der Waals surface area contributed by atoms with Crippen LogP contribution in [0.5, 0.6) is 0 Å². The van der Waals surface area contributed by atoms with Gasteiger partial charge in [-0.2, -0.15) is 11.8 Å². The number of nitrogens with zero attached hydrogens (tertiary/aromatic N) is 1. The predicted molar refractivity (Wildman–Crippen MR) is 81.8 cm³/mol. The molecule has 0 radical (unpaired) electrons. The zero-order chi connectivity index (χ0) is 13.7. The number of nitrogens with one attached hydrogen (secondary N) is 1. The molecule has 0 heterocycles. The van der Waals surface area contributed by atoms with E-state index in [1.54, 1.807) is 34.4 Å². The Balaban J connectivity index is 2.86. The van der Waals surface area contributed by atoms with Crippen molar-refractivity contribution in [1.82, 2.24) is 0 Å². The van der Waals surface area contributed by atoms with Crippen molar-refractivity contribution < 1.29 is 9.31 Å². The van der Waals surface area contributed by atoms with Gasteiger partial charge in [0.25, 0.3) is 5.69 Å². The number of anilines is 1. The second kappa shape index (κ2) is 7.13. The summed E-state index contributed by atoms with van der Waals surface area (Å²) in [6, 6.07) is 2.43. The van der Waals surface area contributed by atoms with Crippen molar-refractivity contribution >= 4 is 45.7 Å². The second-order valence-electron chi connectivity index (χ2n) is 3.98. The van der Waals surface area contributed by atoms with Gasteiger partial charge in [-0.25, -0.2) is 4.39 Å². The first-order valence-corrected chi connectivity index (χ1v) is 7.79. The first kappa shape index (κ1) is 15.5. The summed E-state index contributed by atoms with van der Waals surface area (Å²) in [5.74, 6) is 0.872. The van der Waals surface area contributed by atoms with E-state index in [2.05, 4.69) is 5.32 Å². The van der Waals surface area contributed by atoms with Gasteiger partial charge in [0.2, 0.25) is 0 Å². The van der Waals surface area contributed by atoms with E-state index in [9.17, 15) is 14.5 Å². The van der Waals surface area contributed by atoms with Crippen molar-refractivity contribution in [2.24, 2.45) is 5.92 Å². The summed E-state index contributed by atoms with van der Waals surface area (Å²) in [5, 5.41) is 13.8. The van der Waals surface area contributed by atoms with Gasteiger partial charge in [0.15, 0.2) is 0 Å². The second-order valence-corrected chi connectivity index (χ2v) is 6.05. The quantitative estimate of drug-likeness (QED) is 0.461. The normalized spacial score (nSPS) is 12.2. The van der Waals surface area contributed by atoms with Crippen LogP contribution in [-0.2, 0) is 0 Å². The van der Waals surface area contributed by atoms with E-state index in [0.29, 0.717) is 12.5 Å². The molecular formula is C11H14FIN2O2S. The van der Waals surface area contributed by atoms with Gasteiger partial charge in [-0.3, -0.25) is 10.1 Å². The van der Waals surface area contributed by atoms with E-state index in [4.69, 9.17) is 0 Å². The molecule has 0 bridgehead atoms. The highest BCUT2D eigenvalue weighted by molar-refractivity contribution is 14.1. The maximum atomic E-state index is 13.4. The molecule has 0 aliphatic carbocycles. The fourth-order valence-corrected chi connectivity index (χ4v) is 2.59. The van der Waals surface area contributed by atoms with Crippen molar-refractivity contribution in [2.45, 2.75) is 6.92 Å². The zero-order valence-corrected chi connectivity index (χ0v) is 13.0. The molecule has 100 valence electrons. The topological polar surface area (TPSA) is 55.2 Å². The number of benzene rings is 1. The summed E-state index contributed by atoms with van der Waals surface area (Å²) >= 11 is 3.46. The third-order valence-corrected chi connectivity index (χ3v) is 4.06. The van der Waals surface area contributed by atoms with Crippen LogP contribution in [0.1, 0.15) is 6.92 Å². The molecule has 0 spiro atoms. The summed E-state index contributed by atoms with van der Waals surface area (Å²) in [4.78, 5) is 10.4. The molecule has 0 saturated carbocycles. The van der Waals surface area contributed by atoms with E-state index in [-0.39, 0.29) is 14.9 Å². The van der Waals surface area contributed by atoms with Gasteiger partial charge < -0.3 is 5.32 Å². The number of hydrogen-bond donors (Lipinski definition) is 1. The van der Waals surface area contributed by atoms with Crippen LogP contribution in [0.25, 0.3) is 0 Å². The Morgan fingerprint density at radius 2 is 2.28 bits per heavy atom. The van der Waals surface area contributed by atoms with Crippen LogP contribution in [-0.4, -0.2) is 23.5 Å². The van der Waals surface area contributed by atoms with Crippen LogP contribution in [0.3, 0.4) is 0 Å². The molecule has 18 heavy (non-hydrogen) atoms. The monoisotopic (exact) mass is 384 g/mol. The van der Waals surface area contributed by atoms with Gasteiger partial charge >= 0.3 is 0 Å². The third-order valence-electron chi connectivity index (χ3n) is 2.33. The van der Waals surface area contributed by atoms with Crippen LogP contribution in [0.2, 0.25) is 0 Å². The molecule has 1 unspecified atom stereocenters. The van der Waals surface area contributed by atoms with Gasteiger partial charge in [0.1, 0.15) is 11.5 Å². The Morgan fingerprint density at radius 3 is 2.83 bits per heavy atom. The van der Waals surface area contributed by atoms with Crippen molar-refractivity contribution in [2.75, 3.05) is 23.9 Å². The Morgan fingerprint density at radius 1 is 1.61 bits per heavy atom. The Bertz CT molecular complexity index is 445. The fraction of sp³-hybridized carbons (Fsp3) is 0.455. The van der Waals surface area contributed by atoms with Gasteiger partial charge in [0.05, 0.1) is 8.49 Å². The van der Waals surface area contributed by atoms with Crippen LogP contribution < -0.4 is 5.32 Å². The molecule has 1 aromatic rings. The van der Waals surface area contributed by atoms with Crippen LogP contribution in [0, 0.1) is 25.4 Å². The summed E-state index contributed by atoms with van der Waals surface area (Å²) in [6.45, 7) is 2.63. The lowest BCUT2D eigenvalue weighted by atomic mass is 10.2. The minimum Gasteiger partial charge on any atom is -0.379 e. The van der Waals surface area contributed by atoms with Gasteiger partial charge in [-0.1, -0.05) is 6.92 Å². The van der Waals surface area contributed by atoms with Crippen molar-refractivity contribution in [3.8, 4) is 0 Å². The highest BCUT2D eigenvalue weighted by Crippen LogP contribution is 2.28. The average Bonchev–Trinajstić information content (AvgIpc) is 2.30. The van der Waals surface area contributed by atoms with E-state index >= 15 is 0 Å². The zero-order valence-electron chi connectivity index (χ0n) is 10.1. The largest absolute Gasteiger partial charge is 0.379 e. The number of hydrogen-bond acceptors (Lipinski definition) is 4. The number of thioether (sulfide) groups is 1. The molecule has 4 nitrogen and oxygen atoms in total. The molecule has 0 aliphatic heterocycles. The molecule has 1 N–H and O–H groups in total. The highest BCUT2D eigenvalue weighted by atomic mass is 127. The van der Waals surface area contributed by atoms with Crippen molar-refractivity contribution in [3.05, 3.63) is 31.6 Å². The minimum absolute atomic E-state index is 0.0860. The maximum absolute atomic E-state index is 13.4. The maximum Gasteiger partial charge on any atom is 0.293 e. The summed E-state index contributed by atoms with van der Waals surface area (Å²) in [6.07, 6.45) is 2.00. The first-order chi connectivity index (χ1) is 8.45. The fourth-order valence-electron chi connectivity index (χ4n) is 1.46.